The van der Waals surface area contributed by atoms with Gasteiger partial charge in [0.15, 0.2) is 0 Å². The first-order chi connectivity index (χ1) is 9.49. The zero-order valence-electron chi connectivity index (χ0n) is 11.4. The van der Waals surface area contributed by atoms with Crippen LogP contribution in [0.5, 0.6) is 5.75 Å². The molecule has 0 aromatic heterocycles. The van der Waals surface area contributed by atoms with Gasteiger partial charge in [0.25, 0.3) is 0 Å². The van der Waals surface area contributed by atoms with Crippen molar-refractivity contribution in [3.63, 3.8) is 0 Å². The number of benzene rings is 2. The molecule has 1 atom stereocenters. The highest BCUT2D eigenvalue weighted by Gasteiger charge is 2.18. The van der Waals surface area contributed by atoms with Crippen molar-refractivity contribution >= 4 is 0 Å². The molecule has 2 aromatic rings. The van der Waals surface area contributed by atoms with Crippen molar-refractivity contribution in [2.24, 2.45) is 5.73 Å². The van der Waals surface area contributed by atoms with Crippen LogP contribution in [0.3, 0.4) is 0 Å². The van der Waals surface area contributed by atoms with E-state index in [1.54, 1.807) is 24.3 Å². The summed E-state index contributed by atoms with van der Waals surface area (Å²) in [6.07, 6.45) is 0.0681. The highest BCUT2D eigenvalue weighted by molar-refractivity contribution is 5.36. The highest BCUT2D eigenvalue weighted by atomic mass is 19.1. The topological polar surface area (TPSA) is 35.2 Å². The van der Waals surface area contributed by atoms with Gasteiger partial charge in [0.2, 0.25) is 0 Å². The maximum atomic E-state index is 13.7. The lowest BCUT2D eigenvalue weighted by Gasteiger charge is -2.15. The molecule has 2 aromatic carbocycles. The zero-order chi connectivity index (χ0) is 14.7. The molecule has 2 N–H and O–H groups in total. The monoisotopic (exact) mass is 277 g/mol. The van der Waals surface area contributed by atoms with Crippen molar-refractivity contribution in [1.82, 2.24) is 0 Å². The van der Waals surface area contributed by atoms with Gasteiger partial charge in [0.1, 0.15) is 17.4 Å². The first-order valence-electron chi connectivity index (χ1n) is 6.45. The van der Waals surface area contributed by atoms with Crippen LogP contribution < -0.4 is 10.5 Å². The van der Waals surface area contributed by atoms with E-state index in [1.807, 2.05) is 13.8 Å². The quantitative estimate of drug-likeness (QED) is 0.922. The van der Waals surface area contributed by atoms with Gasteiger partial charge in [-0.15, -0.1) is 0 Å². The minimum Gasteiger partial charge on any atom is -0.491 e. The van der Waals surface area contributed by atoms with E-state index in [-0.39, 0.29) is 11.7 Å². The Kier molecular flexibility index (Phi) is 4.35. The summed E-state index contributed by atoms with van der Waals surface area (Å²) in [5.74, 6) is -0.579. The lowest BCUT2D eigenvalue weighted by atomic mass is 9.98. The molecule has 0 saturated carbocycles. The Hall–Kier alpha value is -1.94. The maximum absolute atomic E-state index is 13.7. The molecular formula is C16H17F2NO. The first kappa shape index (κ1) is 14.5. The van der Waals surface area contributed by atoms with Gasteiger partial charge in [-0.1, -0.05) is 18.2 Å². The van der Waals surface area contributed by atoms with E-state index >= 15 is 0 Å². The minimum atomic E-state index is -0.843. The molecule has 1 unspecified atom stereocenters. The van der Waals surface area contributed by atoms with E-state index in [1.165, 1.54) is 18.2 Å². The normalized spacial score (nSPS) is 12.5. The van der Waals surface area contributed by atoms with E-state index in [2.05, 4.69) is 0 Å². The van der Waals surface area contributed by atoms with Crippen LogP contribution in [0.25, 0.3) is 0 Å². The zero-order valence-corrected chi connectivity index (χ0v) is 11.4. The third kappa shape index (κ3) is 3.14. The minimum absolute atomic E-state index is 0.0681. The largest absolute Gasteiger partial charge is 0.491 e. The fraction of sp³-hybridized carbons (Fsp3) is 0.250. The lowest BCUT2D eigenvalue weighted by molar-refractivity contribution is 0.242. The van der Waals surface area contributed by atoms with E-state index in [0.29, 0.717) is 11.3 Å². The average molecular weight is 277 g/mol. The van der Waals surface area contributed by atoms with Crippen LogP contribution in [0.2, 0.25) is 0 Å². The summed E-state index contributed by atoms with van der Waals surface area (Å²) in [7, 11) is 0. The summed E-state index contributed by atoms with van der Waals surface area (Å²) >= 11 is 0. The van der Waals surface area contributed by atoms with Crippen LogP contribution in [-0.4, -0.2) is 6.10 Å². The van der Waals surface area contributed by atoms with Crippen LogP contribution in [-0.2, 0) is 0 Å². The van der Waals surface area contributed by atoms with Crippen LogP contribution in [0, 0.1) is 11.6 Å². The van der Waals surface area contributed by atoms with Crippen LogP contribution in [0.15, 0.2) is 42.5 Å². The predicted molar refractivity (Wildman–Crippen MR) is 74.6 cm³/mol. The van der Waals surface area contributed by atoms with E-state index in [9.17, 15) is 8.78 Å². The number of hydrogen-bond donors (Lipinski definition) is 1. The maximum Gasteiger partial charge on any atom is 0.131 e. The molecule has 0 heterocycles. The van der Waals surface area contributed by atoms with Crippen LogP contribution in [0.1, 0.15) is 31.0 Å². The van der Waals surface area contributed by atoms with E-state index < -0.39 is 17.7 Å². The summed E-state index contributed by atoms with van der Waals surface area (Å²) in [4.78, 5) is 0. The molecule has 0 fully saturated rings. The van der Waals surface area contributed by atoms with Gasteiger partial charge in [-0.2, -0.15) is 0 Å². The Bertz CT molecular complexity index is 561. The number of ether oxygens (including phenoxy) is 1. The van der Waals surface area contributed by atoms with Gasteiger partial charge >= 0.3 is 0 Å². The molecule has 2 rings (SSSR count). The van der Waals surface area contributed by atoms with Crippen LogP contribution in [0.4, 0.5) is 8.78 Å². The summed E-state index contributed by atoms with van der Waals surface area (Å²) in [5.41, 5.74) is 6.46. The second-order valence-corrected chi connectivity index (χ2v) is 4.85. The molecule has 0 aliphatic rings. The average Bonchev–Trinajstić information content (AvgIpc) is 2.38. The molecule has 0 radical (unpaired) electrons. The summed E-state index contributed by atoms with van der Waals surface area (Å²) in [6.45, 7) is 3.85. The molecule has 0 saturated heterocycles. The smallest absolute Gasteiger partial charge is 0.131 e. The number of hydrogen-bond acceptors (Lipinski definition) is 2. The van der Waals surface area contributed by atoms with E-state index in [4.69, 9.17) is 10.5 Å². The molecule has 20 heavy (non-hydrogen) atoms. The SMILES string of the molecule is CC(C)Oc1ccc(C(N)c2c(F)cccc2F)cc1. The van der Waals surface area contributed by atoms with Crippen LogP contribution >= 0.6 is 0 Å². The van der Waals surface area contributed by atoms with Crippen molar-refractivity contribution < 1.29 is 13.5 Å². The Balaban J connectivity index is 2.27. The summed E-state index contributed by atoms with van der Waals surface area (Å²) < 4.78 is 32.9. The molecule has 0 aliphatic heterocycles. The van der Waals surface area contributed by atoms with Crippen molar-refractivity contribution in [3.8, 4) is 5.75 Å². The van der Waals surface area contributed by atoms with Crippen molar-refractivity contribution in [1.29, 1.82) is 0 Å². The number of halogens is 2. The second-order valence-electron chi connectivity index (χ2n) is 4.85. The van der Waals surface area contributed by atoms with Gasteiger partial charge in [-0.05, 0) is 43.7 Å². The van der Waals surface area contributed by atoms with Gasteiger partial charge in [0.05, 0.1) is 12.1 Å². The molecule has 0 spiro atoms. The van der Waals surface area contributed by atoms with E-state index in [0.717, 1.165) is 0 Å². The number of rotatable bonds is 4. The van der Waals surface area contributed by atoms with Gasteiger partial charge in [0, 0.05) is 5.56 Å². The Labute approximate surface area is 117 Å². The van der Waals surface area contributed by atoms with Gasteiger partial charge in [-0.3, -0.25) is 0 Å². The summed E-state index contributed by atoms with van der Waals surface area (Å²) in [5, 5.41) is 0. The van der Waals surface area contributed by atoms with Gasteiger partial charge in [-0.25, -0.2) is 8.78 Å². The van der Waals surface area contributed by atoms with Crippen molar-refractivity contribution in [2.75, 3.05) is 0 Å². The molecule has 4 heteroatoms. The Morgan fingerprint density at radius 3 is 2.00 bits per heavy atom. The first-order valence-corrected chi connectivity index (χ1v) is 6.45. The lowest BCUT2D eigenvalue weighted by Crippen LogP contribution is -2.15. The highest BCUT2D eigenvalue weighted by Crippen LogP contribution is 2.26. The Morgan fingerprint density at radius 1 is 0.950 bits per heavy atom. The summed E-state index contributed by atoms with van der Waals surface area (Å²) in [6, 6.07) is 9.80. The molecule has 0 aliphatic carbocycles. The van der Waals surface area contributed by atoms with Crippen molar-refractivity contribution in [2.45, 2.75) is 26.0 Å². The third-order valence-corrected chi connectivity index (χ3v) is 2.92. The standard InChI is InChI=1S/C16H17F2NO/c1-10(2)20-12-8-6-11(7-9-12)16(19)15-13(17)4-3-5-14(15)18/h3-10,16H,19H2,1-2H3. The molecular weight excluding hydrogens is 260 g/mol. The second kappa shape index (κ2) is 6.01. The molecule has 0 amide bonds. The molecule has 2 nitrogen and oxygen atoms in total. The Morgan fingerprint density at radius 2 is 1.50 bits per heavy atom. The predicted octanol–water partition coefficient (Wildman–Crippen LogP) is 3.80. The number of nitrogens with two attached hydrogens (primary N) is 1. The fourth-order valence-corrected chi connectivity index (χ4v) is 2.00. The van der Waals surface area contributed by atoms with Crippen molar-refractivity contribution in [3.05, 3.63) is 65.2 Å². The molecule has 0 bridgehead atoms. The molecule has 106 valence electrons. The fourth-order valence-electron chi connectivity index (χ4n) is 2.00. The third-order valence-electron chi connectivity index (χ3n) is 2.92. The van der Waals surface area contributed by atoms with Gasteiger partial charge < -0.3 is 10.5 Å².